The molecule has 0 radical (unpaired) electrons. The molecule has 0 saturated heterocycles. The fourth-order valence-corrected chi connectivity index (χ4v) is 2.54. The molecule has 0 amide bonds. The summed E-state index contributed by atoms with van der Waals surface area (Å²) in [5.41, 5.74) is 7.27. The SMILES string of the molecule is NCC1CC(Oc2ccnc3cc(Br)cnc23)C1. The van der Waals surface area contributed by atoms with Crippen molar-refractivity contribution in [1.82, 2.24) is 9.97 Å². The van der Waals surface area contributed by atoms with Gasteiger partial charge in [0, 0.05) is 22.9 Å². The van der Waals surface area contributed by atoms with E-state index in [1.807, 2.05) is 12.1 Å². The van der Waals surface area contributed by atoms with Gasteiger partial charge in [-0.3, -0.25) is 4.98 Å². The molecule has 0 unspecified atom stereocenters. The first kappa shape index (κ1) is 11.9. The fraction of sp³-hybridized carbons (Fsp3) is 0.385. The number of aromatic nitrogens is 2. The fourth-order valence-electron chi connectivity index (χ4n) is 2.22. The Morgan fingerprint density at radius 1 is 1.39 bits per heavy atom. The van der Waals surface area contributed by atoms with E-state index in [1.54, 1.807) is 12.4 Å². The van der Waals surface area contributed by atoms with E-state index in [-0.39, 0.29) is 6.10 Å². The third kappa shape index (κ3) is 2.20. The van der Waals surface area contributed by atoms with Gasteiger partial charge in [-0.25, -0.2) is 4.98 Å². The van der Waals surface area contributed by atoms with Crippen LogP contribution in [0.25, 0.3) is 11.0 Å². The molecule has 0 spiro atoms. The Hall–Kier alpha value is -1.20. The average molecular weight is 308 g/mol. The van der Waals surface area contributed by atoms with E-state index < -0.39 is 0 Å². The first-order valence-electron chi connectivity index (χ1n) is 6.03. The second-order valence-electron chi connectivity index (χ2n) is 4.64. The Labute approximate surface area is 114 Å². The highest BCUT2D eigenvalue weighted by Gasteiger charge is 2.30. The summed E-state index contributed by atoms with van der Waals surface area (Å²) in [5.74, 6) is 1.43. The number of pyridine rings is 2. The molecule has 18 heavy (non-hydrogen) atoms. The maximum absolute atomic E-state index is 5.96. The van der Waals surface area contributed by atoms with Crippen LogP contribution in [0, 0.1) is 5.92 Å². The lowest BCUT2D eigenvalue weighted by Gasteiger charge is -2.34. The predicted molar refractivity (Wildman–Crippen MR) is 73.4 cm³/mol. The molecule has 2 N–H and O–H groups in total. The zero-order valence-electron chi connectivity index (χ0n) is 9.84. The number of hydrogen-bond acceptors (Lipinski definition) is 4. The summed E-state index contributed by atoms with van der Waals surface area (Å²) < 4.78 is 6.88. The van der Waals surface area contributed by atoms with Crippen LogP contribution in [-0.4, -0.2) is 22.6 Å². The summed E-state index contributed by atoms with van der Waals surface area (Å²) in [6.45, 7) is 0.752. The maximum atomic E-state index is 5.96. The summed E-state index contributed by atoms with van der Waals surface area (Å²) in [4.78, 5) is 8.66. The van der Waals surface area contributed by atoms with Crippen molar-refractivity contribution in [3.8, 4) is 5.75 Å². The molecule has 0 aliphatic heterocycles. The van der Waals surface area contributed by atoms with Crippen LogP contribution >= 0.6 is 15.9 Å². The average Bonchev–Trinajstić information content (AvgIpc) is 2.32. The van der Waals surface area contributed by atoms with Crippen molar-refractivity contribution in [2.24, 2.45) is 11.7 Å². The van der Waals surface area contributed by atoms with Gasteiger partial charge in [0.25, 0.3) is 0 Å². The van der Waals surface area contributed by atoms with Crippen molar-refractivity contribution >= 4 is 27.0 Å². The Morgan fingerprint density at radius 2 is 2.22 bits per heavy atom. The molecule has 1 aliphatic carbocycles. The maximum Gasteiger partial charge on any atom is 0.149 e. The van der Waals surface area contributed by atoms with Crippen LogP contribution in [0.15, 0.2) is 29.0 Å². The highest BCUT2D eigenvalue weighted by atomic mass is 79.9. The molecular weight excluding hydrogens is 294 g/mol. The Morgan fingerprint density at radius 3 is 3.00 bits per heavy atom. The highest BCUT2D eigenvalue weighted by molar-refractivity contribution is 9.10. The third-order valence-corrected chi connectivity index (χ3v) is 3.76. The molecule has 3 rings (SSSR count). The minimum Gasteiger partial charge on any atom is -0.488 e. The number of rotatable bonds is 3. The molecule has 0 bridgehead atoms. The van der Waals surface area contributed by atoms with E-state index in [0.717, 1.165) is 40.6 Å². The van der Waals surface area contributed by atoms with Crippen molar-refractivity contribution in [2.75, 3.05) is 6.54 Å². The molecule has 0 aromatic carbocycles. The zero-order chi connectivity index (χ0) is 12.5. The summed E-state index contributed by atoms with van der Waals surface area (Å²) in [5, 5.41) is 0. The van der Waals surface area contributed by atoms with E-state index in [2.05, 4.69) is 25.9 Å². The van der Waals surface area contributed by atoms with E-state index in [4.69, 9.17) is 10.5 Å². The van der Waals surface area contributed by atoms with Gasteiger partial charge in [0.15, 0.2) is 0 Å². The molecule has 1 saturated carbocycles. The van der Waals surface area contributed by atoms with Crippen LogP contribution < -0.4 is 10.5 Å². The highest BCUT2D eigenvalue weighted by Crippen LogP contribution is 2.32. The molecule has 94 valence electrons. The minimum atomic E-state index is 0.273. The number of hydrogen-bond donors (Lipinski definition) is 1. The van der Waals surface area contributed by atoms with Crippen LogP contribution in [0.4, 0.5) is 0 Å². The van der Waals surface area contributed by atoms with Crippen LogP contribution in [0.3, 0.4) is 0 Å². The lowest BCUT2D eigenvalue weighted by atomic mass is 9.82. The quantitative estimate of drug-likeness (QED) is 0.946. The van der Waals surface area contributed by atoms with E-state index in [0.29, 0.717) is 5.92 Å². The minimum absolute atomic E-state index is 0.273. The van der Waals surface area contributed by atoms with Gasteiger partial charge < -0.3 is 10.5 Å². The third-order valence-electron chi connectivity index (χ3n) is 3.33. The summed E-state index contributed by atoms with van der Waals surface area (Å²) >= 11 is 3.39. The van der Waals surface area contributed by atoms with Crippen molar-refractivity contribution in [3.63, 3.8) is 0 Å². The Bertz CT molecular complexity index is 569. The van der Waals surface area contributed by atoms with E-state index in [9.17, 15) is 0 Å². The number of halogens is 1. The van der Waals surface area contributed by atoms with Gasteiger partial charge in [-0.2, -0.15) is 0 Å². The Kier molecular flexibility index (Phi) is 3.18. The van der Waals surface area contributed by atoms with Crippen LogP contribution in [0.1, 0.15) is 12.8 Å². The second kappa shape index (κ2) is 4.82. The van der Waals surface area contributed by atoms with Gasteiger partial charge >= 0.3 is 0 Å². The van der Waals surface area contributed by atoms with Crippen molar-refractivity contribution < 1.29 is 4.74 Å². The molecule has 1 fully saturated rings. The number of nitrogens with zero attached hydrogens (tertiary/aromatic N) is 2. The Balaban J connectivity index is 1.84. The molecule has 0 atom stereocenters. The standard InChI is InChI=1S/C13H14BrN3O/c14-9-5-11-13(17-7-9)12(1-2-16-11)18-10-3-8(4-10)6-15/h1-2,5,7-8,10H,3-4,6,15H2. The van der Waals surface area contributed by atoms with Crippen molar-refractivity contribution in [1.29, 1.82) is 0 Å². The van der Waals surface area contributed by atoms with Gasteiger partial charge in [-0.15, -0.1) is 0 Å². The smallest absolute Gasteiger partial charge is 0.149 e. The second-order valence-corrected chi connectivity index (χ2v) is 5.56. The van der Waals surface area contributed by atoms with Crippen molar-refractivity contribution in [3.05, 3.63) is 29.0 Å². The van der Waals surface area contributed by atoms with Gasteiger partial charge in [0.1, 0.15) is 11.3 Å². The van der Waals surface area contributed by atoms with Crippen LogP contribution in [0.2, 0.25) is 0 Å². The first-order chi connectivity index (χ1) is 8.76. The lowest BCUT2D eigenvalue weighted by Crippen LogP contribution is -2.37. The number of nitrogens with two attached hydrogens (primary N) is 1. The summed E-state index contributed by atoms with van der Waals surface area (Å²) in [6.07, 6.45) is 5.87. The van der Waals surface area contributed by atoms with Crippen LogP contribution in [0.5, 0.6) is 5.75 Å². The van der Waals surface area contributed by atoms with Crippen molar-refractivity contribution in [2.45, 2.75) is 18.9 Å². The normalized spacial score (nSPS) is 22.8. The van der Waals surface area contributed by atoms with Gasteiger partial charge in [0.05, 0.1) is 11.6 Å². The van der Waals surface area contributed by atoms with Gasteiger partial charge in [-0.05, 0) is 47.3 Å². The van der Waals surface area contributed by atoms with Gasteiger partial charge in [0.2, 0.25) is 0 Å². The molecule has 2 heterocycles. The lowest BCUT2D eigenvalue weighted by molar-refractivity contribution is 0.0702. The van der Waals surface area contributed by atoms with E-state index >= 15 is 0 Å². The largest absolute Gasteiger partial charge is 0.488 e. The molecule has 4 nitrogen and oxygen atoms in total. The first-order valence-corrected chi connectivity index (χ1v) is 6.82. The van der Waals surface area contributed by atoms with Crippen LogP contribution in [-0.2, 0) is 0 Å². The predicted octanol–water partition coefficient (Wildman–Crippen LogP) is 2.51. The molecule has 5 heteroatoms. The zero-order valence-corrected chi connectivity index (χ0v) is 11.4. The van der Waals surface area contributed by atoms with Gasteiger partial charge in [-0.1, -0.05) is 0 Å². The number of ether oxygens (including phenoxy) is 1. The molecular formula is C13H14BrN3O. The van der Waals surface area contributed by atoms with E-state index in [1.165, 1.54) is 0 Å². The summed E-state index contributed by atoms with van der Waals surface area (Å²) in [6, 6.07) is 3.82. The molecule has 1 aliphatic rings. The molecule has 2 aromatic rings. The topological polar surface area (TPSA) is 61.0 Å². The number of fused-ring (bicyclic) bond motifs is 1. The monoisotopic (exact) mass is 307 g/mol. The molecule has 2 aromatic heterocycles. The summed E-state index contributed by atoms with van der Waals surface area (Å²) in [7, 11) is 0.